The van der Waals surface area contributed by atoms with E-state index in [0.29, 0.717) is 12.7 Å². The maximum atomic E-state index is 5.17. The van der Waals surface area contributed by atoms with Crippen LogP contribution in [-0.4, -0.2) is 20.0 Å². The average Bonchev–Trinajstić information content (AvgIpc) is 1.87. The van der Waals surface area contributed by atoms with Gasteiger partial charge in [0.25, 0.3) is 0 Å². The Morgan fingerprint density at radius 3 is 2.40 bits per heavy atom. The average molecular weight is 146 g/mol. The third-order valence-corrected chi connectivity index (χ3v) is 0.966. The van der Waals surface area contributed by atoms with Gasteiger partial charge in [0.1, 0.15) is 6.79 Å². The van der Waals surface area contributed by atoms with E-state index in [1.54, 1.807) is 0 Å². The van der Waals surface area contributed by atoms with Crippen LogP contribution >= 0.6 is 0 Å². The molecule has 10 heavy (non-hydrogen) atoms. The topological polar surface area (TPSA) is 18.5 Å². The van der Waals surface area contributed by atoms with E-state index >= 15 is 0 Å². The molecular formula is C8H18O2. The smallest absolute Gasteiger partial charge is 0.146 e. The summed E-state index contributed by atoms with van der Waals surface area (Å²) in [6, 6.07) is 0. The fraction of sp³-hybridized carbons (Fsp3) is 1.00. The SMILES string of the molecule is CCCOCOCC(C)C. The lowest BCUT2D eigenvalue weighted by atomic mass is 10.2. The molecule has 0 heterocycles. The number of hydrogen-bond donors (Lipinski definition) is 0. The Balaban J connectivity index is 2.77. The maximum Gasteiger partial charge on any atom is 0.146 e. The van der Waals surface area contributed by atoms with E-state index < -0.39 is 0 Å². The van der Waals surface area contributed by atoms with Crippen molar-refractivity contribution in [2.24, 2.45) is 5.92 Å². The summed E-state index contributed by atoms with van der Waals surface area (Å²) in [6.45, 7) is 8.38. The summed E-state index contributed by atoms with van der Waals surface area (Å²) in [4.78, 5) is 0. The van der Waals surface area contributed by atoms with E-state index in [9.17, 15) is 0 Å². The first-order chi connectivity index (χ1) is 4.77. The van der Waals surface area contributed by atoms with Crippen molar-refractivity contribution in [1.29, 1.82) is 0 Å². The van der Waals surface area contributed by atoms with Crippen LogP contribution in [0.4, 0.5) is 0 Å². The summed E-state index contributed by atoms with van der Waals surface area (Å²) >= 11 is 0. The van der Waals surface area contributed by atoms with Gasteiger partial charge in [0.05, 0.1) is 6.61 Å². The van der Waals surface area contributed by atoms with Gasteiger partial charge in [0.15, 0.2) is 0 Å². The molecule has 0 spiro atoms. The fourth-order valence-corrected chi connectivity index (χ4v) is 0.546. The van der Waals surface area contributed by atoms with Gasteiger partial charge < -0.3 is 9.47 Å². The molecule has 2 heteroatoms. The molecular weight excluding hydrogens is 128 g/mol. The zero-order valence-electron chi connectivity index (χ0n) is 7.22. The van der Waals surface area contributed by atoms with E-state index in [4.69, 9.17) is 9.47 Å². The van der Waals surface area contributed by atoms with Crippen LogP contribution in [0.5, 0.6) is 0 Å². The van der Waals surface area contributed by atoms with Crippen LogP contribution in [0.25, 0.3) is 0 Å². The Labute approximate surface area is 63.5 Å². The summed E-state index contributed by atoms with van der Waals surface area (Å²) < 4.78 is 10.3. The minimum atomic E-state index is 0.450. The molecule has 0 atom stereocenters. The monoisotopic (exact) mass is 146 g/mol. The molecule has 0 amide bonds. The standard InChI is InChI=1S/C8H18O2/c1-4-5-9-7-10-6-8(2)3/h8H,4-7H2,1-3H3. The van der Waals surface area contributed by atoms with Gasteiger partial charge in [-0.05, 0) is 12.3 Å². The molecule has 0 unspecified atom stereocenters. The molecule has 0 aliphatic heterocycles. The summed E-state index contributed by atoms with van der Waals surface area (Å²) in [5.41, 5.74) is 0. The number of hydrogen-bond acceptors (Lipinski definition) is 2. The van der Waals surface area contributed by atoms with Crippen LogP contribution in [-0.2, 0) is 9.47 Å². The minimum absolute atomic E-state index is 0.450. The number of ether oxygens (including phenoxy) is 2. The second-order valence-corrected chi connectivity index (χ2v) is 2.79. The van der Waals surface area contributed by atoms with Gasteiger partial charge in [-0.3, -0.25) is 0 Å². The van der Waals surface area contributed by atoms with Gasteiger partial charge in [-0.25, -0.2) is 0 Å². The lowest BCUT2D eigenvalue weighted by Gasteiger charge is -2.06. The van der Waals surface area contributed by atoms with Crippen LogP contribution in [0.15, 0.2) is 0 Å². The molecule has 62 valence electrons. The van der Waals surface area contributed by atoms with E-state index in [1.807, 2.05) is 0 Å². The first-order valence-corrected chi connectivity index (χ1v) is 3.92. The van der Waals surface area contributed by atoms with Gasteiger partial charge >= 0.3 is 0 Å². The Morgan fingerprint density at radius 1 is 1.20 bits per heavy atom. The maximum absolute atomic E-state index is 5.17. The number of rotatable bonds is 6. The van der Waals surface area contributed by atoms with Crippen molar-refractivity contribution < 1.29 is 9.47 Å². The Morgan fingerprint density at radius 2 is 1.90 bits per heavy atom. The highest BCUT2D eigenvalue weighted by molar-refractivity contribution is 4.36. The van der Waals surface area contributed by atoms with Crippen LogP contribution in [0, 0.1) is 5.92 Å². The lowest BCUT2D eigenvalue weighted by Crippen LogP contribution is -2.06. The summed E-state index contributed by atoms with van der Waals surface area (Å²) in [6.07, 6.45) is 1.06. The third-order valence-electron chi connectivity index (χ3n) is 0.966. The van der Waals surface area contributed by atoms with E-state index in [0.717, 1.165) is 19.6 Å². The first-order valence-electron chi connectivity index (χ1n) is 3.92. The molecule has 0 aromatic carbocycles. The summed E-state index contributed by atoms with van der Waals surface area (Å²) in [5.74, 6) is 0.602. The van der Waals surface area contributed by atoms with Gasteiger partial charge in [-0.1, -0.05) is 20.8 Å². The summed E-state index contributed by atoms with van der Waals surface area (Å²) in [5, 5.41) is 0. The highest BCUT2D eigenvalue weighted by Gasteiger charge is 1.91. The molecule has 0 N–H and O–H groups in total. The summed E-state index contributed by atoms with van der Waals surface area (Å²) in [7, 11) is 0. The Hall–Kier alpha value is -0.0800. The van der Waals surface area contributed by atoms with Gasteiger partial charge in [0, 0.05) is 6.61 Å². The Kier molecular flexibility index (Phi) is 6.98. The van der Waals surface area contributed by atoms with E-state index in [-0.39, 0.29) is 0 Å². The van der Waals surface area contributed by atoms with Gasteiger partial charge in [0.2, 0.25) is 0 Å². The molecule has 0 saturated heterocycles. The molecule has 0 aromatic rings. The van der Waals surface area contributed by atoms with Crippen LogP contribution in [0.3, 0.4) is 0 Å². The fourth-order valence-electron chi connectivity index (χ4n) is 0.546. The van der Waals surface area contributed by atoms with Gasteiger partial charge in [-0.2, -0.15) is 0 Å². The first kappa shape index (κ1) is 9.92. The quantitative estimate of drug-likeness (QED) is 0.421. The second-order valence-electron chi connectivity index (χ2n) is 2.79. The minimum Gasteiger partial charge on any atom is -0.355 e. The molecule has 0 fully saturated rings. The van der Waals surface area contributed by atoms with Crippen molar-refractivity contribution in [3.8, 4) is 0 Å². The van der Waals surface area contributed by atoms with Gasteiger partial charge in [-0.15, -0.1) is 0 Å². The Bertz CT molecular complexity index is 62.3. The van der Waals surface area contributed by atoms with Crippen molar-refractivity contribution in [2.75, 3.05) is 20.0 Å². The predicted octanol–water partition coefficient (Wildman–Crippen LogP) is 2.04. The molecule has 0 bridgehead atoms. The lowest BCUT2D eigenvalue weighted by molar-refractivity contribution is -0.0612. The molecule has 0 aliphatic carbocycles. The molecule has 0 aromatic heterocycles. The zero-order valence-corrected chi connectivity index (χ0v) is 7.22. The molecule has 0 aliphatic rings. The van der Waals surface area contributed by atoms with Crippen molar-refractivity contribution in [2.45, 2.75) is 27.2 Å². The van der Waals surface area contributed by atoms with Crippen molar-refractivity contribution in [1.82, 2.24) is 0 Å². The van der Waals surface area contributed by atoms with Crippen molar-refractivity contribution >= 4 is 0 Å². The van der Waals surface area contributed by atoms with E-state index in [1.165, 1.54) is 0 Å². The van der Waals surface area contributed by atoms with Crippen molar-refractivity contribution in [3.63, 3.8) is 0 Å². The van der Waals surface area contributed by atoms with Crippen LogP contribution < -0.4 is 0 Å². The normalized spacial score (nSPS) is 10.8. The molecule has 0 saturated carbocycles. The highest BCUT2D eigenvalue weighted by atomic mass is 16.7. The van der Waals surface area contributed by atoms with Crippen LogP contribution in [0.1, 0.15) is 27.2 Å². The highest BCUT2D eigenvalue weighted by Crippen LogP contribution is 1.92. The molecule has 0 radical (unpaired) electrons. The third kappa shape index (κ3) is 7.92. The zero-order chi connectivity index (χ0) is 7.82. The molecule has 0 rings (SSSR count). The molecule has 2 nitrogen and oxygen atoms in total. The largest absolute Gasteiger partial charge is 0.355 e. The van der Waals surface area contributed by atoms with Crippen molar-refractivity contribution in [3.05, 3.63) is 0 Å². The van der Waals surface area contributed by atoms with E-state index in [2.05, 4.69) is 20.8 Å². The van der Waals surface area contributed by atoms with Crippen LogP contribution in [0.2, 0.25) is 0 Å². The predicted molar refractivity (Wildman–Crippen MR) is 41.9 cm³/mol. The second kappa shape index (κ2) is 7.03.